The number of hydrogen-bond acceptors (Lipinski definition) is 4. The van der Waals surface area contributed by atoms with Gasteiger partial charge in [0.1, 0.15) is 5.37 Å². The summed E-state index contributed by atoms with van der Waals surface area (Å²) < 4.78 is 0. The number of hydrogen-bond donors (Lipinski definition) is 2. The molecule has 1 aliphatic rings. The Labute approximate surface area is 105 Å². The third-order valence-electron chi connectivity index (χ3n) is 2.67. The number of amides is 1. The van der Waals surface area contributed by atoms with E-state index in [0.29, 0.717) is 13.0 Å². The van der Waals surface area contributed by atoms with Gasteiger partial charge in [-0.3, -0.25) is 4.79 Å². The van der Waals surface area contributed by atoms with Crippen molar-refractivity contribution in [1.82, 2.24) is 10.2 Å². The summed E-state index contributed by atoms with van der Waals surface area (Å²) in [6.07, 6.45) is 2.63. The number of benzene rings is 1. The van der Waals surface area contributed by atoms with Gasteiger partial charge in [-0.1, -0.05) is 36.0 Å². The van der Waals surface area contributed by atoms with Crippen LogP contribution in [0.2, 0.25) is 0 Å². The van der Waals surface area contributed by atoms with Crippen LogP contribution in [0.1, 0.15) is 16.5 Å². The van der Waals surface area contributed by atoms with E-state index in [1.165, 1.54) is 5.56 Å². The quantitative estimate of drug-likeness (QED) is 0.791. The van der Waals surface area contributed by atoms with Crippen LogP contribution in [0.4, 0.5) is 0 Å². The van der Waals surface area contributed by atoms with Crippen LogP contribution in [0, 0.1) is 0 Å². The van der Waals surface area contributed by atoms with Gasteiger partial charge in [0.2, 0.25) is 6.41 Å². The lowest BCUT2D eigenvalue weighted by Crippen LogP contribution is -2.14. The standard InChI is InChI=1S/C12H15N3OS/c1-15-7-11(14-8-16)17-12(15)10-5-3-2-4-9(10)6-13/h2-5,7-8,12H,6,13H2,1H3,(H,14,16). The Hall–Kier alpha value is -1.46. The highest BCUT2D eigenvalue weighted by molar-refractivity contribution is 8.03. The van der Waals surface area contributed by atoms with Crippen LogP contribution in [0.3, 0.4) is 0 Å². The molecular formula is C12H15N3OS. The first-order valence-corrected chi connectivity index (χ1v) is 6.22. The molecule has 4 nitrogen and oxygen atoms in total. The van der Waals surface area contributed by atoms with Gasteiger partial charge in [-0.15, -0.1) is 0 Å². The van der Waals surface area contributed by atoms with Crippen molar-refractivity contribution in [2.24, 2.45) is 5.73 Å². The van der Waals surface area contributed by atoms with Crippen LogP contribution in [0.15, 0.2) is 35.5 Å². The van der Waals surface area contributed by atoms with E-state index >= 15 is 0 Å². The molecule has 0 saturated heterocycles. The Morgan fingerprint density at radius 3 is 3.00 bits per heavy atom. The maximum atomic E-state index is 10.4. The first-order valence-electron chi connectivity index (χ1n) is 5.34. The van der Waals surface area contributed by atoms with E-state index in [0.717, 1.165) is 10.6 Å². The van der Waals surface area contributed by atoms with E-state index in [4.69, 9.17) is 5.73 Å². The van der Waals surface area contributed by atoms with Gasteiger partial charge in [0.15, 0.2) is 0 Å². The molecule has 3 N–H and O–H groups in total. The molecule has 1 aromatic carbocycles. The van der Waals surface area contributed by atoms with Gasteiger partial charge < -0.3 is 16.0 Å². The summed E-state index contributed by atoms with van der Waals surface area (Å²) in [4.78, 5) is 12.5. The van der Waals surface area contributed by atoms with Crippen molar-refractivity contribution < 1.29 is 4.79 Å². The minimum atomic E-state index is 0.178. The van der Waals surface area contributed by atoms with Gasteiger partial charge in [-0.2, -0.15) is 0 Å². The van der Waals surface area contributed by atoms with E-state index in [2.05, 4.69) is 16.3 Å². The van der Waals surface area contributed by atoms with Gasteiger partial charge in [-0.05, 0) is 11.1 Å². The van der Waals surface area contributed by atoms with Crippen molar-refractivity contribution >= 4 is 18.2 Å². The van der Waals surface area contributed by atoms with Crippen molar-refractivity contribution in [2.75, 3.05) is 7.05 Å². The van der Waals surface area contributed by atoms with Gasteiger partial charge in [-0.25, -0.2) is 0 Å². The molecule has 1 atom stereocenters. The first kappa shape index (κ1) is 12.0. The zero-order valence-electron chi connectivity index (χ0n) is 9.59. The lowest BCUT2D eigenvalue weighted by molar-refractivity contribution is -0.108. The Morgan fingerprint density at radius 2 is 2.29 bits per heavy atom. The molecule has 0 saturated carbocycles. The van der Waals surface area contributed by atoms with Crippen LogP contribution < -0.4 is 11.1 Å². The van der Waals surface area contributed by atoms with E-state index in [1.807, 2.05) is 31.4 Å². The highest BCUT2D eigenvalue weighted by atomic mass is 32.2. The van der Waals surface area contributed by atoms with Crippen LogP contribution in [0.5, 0.6) is 0 Å². The smallest absolute Gasteiger partial charge is 0.211 e. The first-order chi connectivity index (χ1) is 8.26. The molecule has 1 heterocycles. The second-order valence-electron chi connectivity index (χ2n) is 3.79. The summed E-state index contributed by atoms with van der Waals surface area (Å²) in [6.45, 7) is 0.525. The molecule has 90 valence electrons. The monoisotopic (exact) mass is 249 g/mol. The molecule has 0 bridgehead atoms. The Bertz CT molecular complexity index is 447. The molecule has 5 heteroatoms. The maximum absolute atomic E-state index is 10.4. The lowest BCUT2D eigenvalue weighted by Gasteiger charge is -2.22. The van der Waals surface area contributed by atoms with Crippen molar-refractivity contribution in [1.29, 1.82) is 0 Å². The predicted molar refractivity (Wildman–Crippen MR) is 69.7 cm³/mol. The van der Waals surface area contributed by atoms with Gasteiger partial charge in [0, 0.05) is 19.8 Å². The second-order valence-corrected chi connectivity index (χ2v) is 4.92. The third-order valence-corrected chi connectivity index (χ3v) is 3.96. The molecule has 1 aromatic rings. The normalized spacial score (nSPS) is 19.1. The molecule has 0 aliphatic carbocycles. The molecule has 1 amide bonds. The highest BCUT2D eigenvalue weighted by Gasteiger charge is 2.25. The summed E-state index contributed by atoms with van der Waals surface area (Å²) in [5, 5.41) is 3.72. The van der Waals surface area contributed by atoms with E-state index in [1.54, 1.807) is 11.8 Å². The summed E-state index contributed by atoms with van der Waals surface area (Å²) >= 11 is 1.62. The number of nitrogens with one attached hydrogen (secondary N) is 1. The molecule has 1 unspecified atom stereocenters. The summed E-state index contributed by atoms with van der Waals surface area (Å²) in [5.41, 5.74) is 8.07. The van der Waals surface area contributed by atoms with Crippen molar-refractivity contribution in [3.05, 3.63) is 46.6 Å². The Morgan fingerprint density at radius 1 is 1.53 bits per heavy atom. The summed E-state index contributed by atoms with van der Waals surface area (Å²) in [6, 6.07) is 8.11. The number of rotatable bonds is 4. The zero-order chi connectivity index (χ0) is 12.3. The van der Waals surface area contributed by atoms with E-state index < -0.39 is 0 Å². The molecule has 2 rings (SSSR count). The Kier molecular flexibility index (Phi) is 3.71. The van der Waals surface area contributed by atoms with Crippen LogP contribution >= 0.6 is 11.8 Å². The van der Waals surface area contributed by atoms with Crippen molar-refractivity contribution in [3.63, 3.8) is 0 Å². The minimum Gasteiger partial charge on any atom is -0.362 e. The fraction of sp³-hybridized carbons (Fsp3) is 0.250. The largest absolute Gasteiger partial charge is 0.362 e. The SMILES string of the molecule is CN1C=C(NC=O)SC1c1ccccc1CN. The molecule has 17 heavy (non-hydrogen) atoms. The molecule has 0 radical (unpaired) electrons. The number of thioether (sulfide) groups is 1. The van der Waals surface area contributed by atoms with Crippen LogP contribution in [-0.4, -0.2) is 18.4 Å². The minimum absolute atomic E-state index is 0.178. The molecule has 1 aliphatic heterocycles. The van der Waals surface area contributed by atoms with E-state index in [9.17, 15) is 4.79 Å². The Balaban J connectivity index is 2.22. The average molecular weight is 249 g/mol. The van der Waals surface area contributed by atoms with Crippen LogP contribution in [0.25, 0.3) is 0 Å². The third kappa shape index (κ3) is 2.45. The molecule has 0 fully saturated rings. The number of nitrogens with zero attached hydrogens (tertiary/aromatic N) is 1. The van der Waals surface area contributed by atoms with Gasteiger partial charge in [0.25, 0.3) is 0 Å². The van der Waals surface area contributed by atoms with E-state index in [-0.39, 0.29) is 5.37 Å². The van der Waals surface area contributed by atoms with Gasteiger partial charge in [0.05, 0.1) is 5.03 Å². The number of carbonyl (C=O) groups is 1. The summed E-state index contributed by atoms with van der Waals surface area (Å²) in [5.74, 6) is 0. The second kappa shape index (κ2) is 5.25. The van der Waals surface area contributed by atoms with Gasteiger partial charge >= 0.3 is 0 Å². The maximum Gasteiger partial charge on any atom is 0.211 e. The topological polar surface area (TPSA) is 58.4 Å². The average Bonchev–Trinajstić information content (AvgIpc) is 2.70. The zero-order valence-corrected chi connectivity index (χ0v) is 10.4. The predicted octanol–water partition coefficient (Wildman–Crippen LogP) is 1.37. The molecule has 0 spiro atoms. The fourth-order valence-corrected chi connectivity index (χ4v) is 3.03. The lowest BCUT2D eigenvalue weighted by atomic mass is 10.1. The van der Waals surface area contributed by atoms with Crippen molar-refractivity contribution in [2.45, 2.75) is 11.9 Å². The fourth-order valence-electron chi connectivity index (χ4n) is 1.86. The molecule has 0 aromatic heterocycles. The number of nitrogens with two attached hydrogens (primary N) is 1. The number of carbonyl (C=O) groups excluding carboxylic acids is 1. The van der Waals surface area contributed by atoms with Crippen molar-refractivity contribution in [3.8, 4) is 0 Å². The summed E-state index contributed by atoms with van der Waals surface area (Å²) in [7, 11) is 1.99. The van der Waals surface area contributed by atoms with Crippen LogP contribution in [-0.2, 0) is 11.3 Å². The molecular weight excluding hydrogens is 234 g/mol. The highest BCUT2D eigenvalue weighted by Crippen LogP contribution is 2.42.